The van der Waals surface area contributed by atoms with Crippen molar-refractivity contribution >= 4 is 15.8 Å². The number of hydrogen-bond acceptors (Lipinski definition) is 4. The van der Waals surface area contributed by atoms with E-state index in [0.717, 1.165) is 12.8 Å². The van der Waals surface area contributed by atoms with Gasteiger partial charge in [0.1, 0.15) is 0 Å². The van der Waals surface area contributed by atoms with Crippen LogP contribution in [0.15, 0.2) is 47.6 Å². The molecular formula is C19H25N3O3S. The molecule has 0 amide bonds. The lowest BCUT2D eigenvalue weighted by Gasteiger charge is -2.10. The maximum Gasteiger partial charge on any atom is 0.240 e. The van der Waals surface area contributed by atoms with Crippen molar-refractivity contribution in [2.24, 2.45) is 5.92 Å². The molecule has 1 aromatic heterocycles. The molecule has 6 nitrogen and oxygen atoms in total. The molecule has 7 heteroatoms. The molecule has 0 spiro atoms. The second-order valence-corrected chi connectivity index (χ2v) is 8.59. The Balaban J connectivity index is 1.57. The lowest BCUT2D eigenvalue weighted by atomic mass is 9.97. The number of Topliss-reactive ketones (excluding diaryl/α,β-unsaturated/α-hetero) is 1. The molecule has 140 valence electrons. The number of carbonyl (C=O) groups excluding carboxylic acids is 1. The highest BCUT2D eigenvalue weighted by Gasteiger charge is 2.21. The van der Waals surface area contributed by atoms with Crippen LogP contribution in [0.4, 0.5) is 0 Å². The van der Waals surface area contributed by atoms with E-state index in [1.165, 1.54) is 25.0 Å². The van der Waals surface area contributed by atoms with Gasteiger partial charge in [-0.25, -0.2) is 13.1 Å². The van der Waals surface area contributed by atoms with Gasteiger partial charge in [-0.05, 0) is 30.5 Å². The minimum Gasteiger partial charge on any atom is -0.294 e. The first-order chi connectivity index (χ1) is 12.5. The van der Waals surface area contributed by atoms with Gasteiger partial charge < -0.3 is 0 Å². The van der Waals surface area contributed by atoms with E-state index < -0.39 is 10.0 Å². The average Bonchev–Trinajstić information content (AvgIpc) is 3.33. The molecule has 0 unspecified atom stereocenters. The van der Waals surface area contributed by atoms with Crippen LogP contribution in [0.2, 0.25) is 0 Å². The molecule has 1 fully saturated rings. The minimum atomic E-state index is -3.62. The molecule has 0 radical (unpaired) electrons. The molecule has 0 atom stereocenters. The van der Waals surface area contributed by atoms with Crippen LogP contribution in [-0.2, 0) is 16.6 Å². The van der Waals surface area contributed by atoms with E-state index in [9.17, 15) is 13.2 Å². The molecule has 0 bridgehead atoms. The summed E-state index contributed by atoms with van der Waals surface area (Å²) < 4.78 is 29.3. The van der Waals surface area contributed by atoms with E-state index in [0.29, 0.717) is 37.4 Å². The Bertz CT molecular complexity index is 825. The number of hydrogen-bond donors (Lipinski definition) is 1. The van der Waals surface area contributed by atoms with Crippen molar-refractivity contribution in [3.8, 4) is 0 Å². The Kier molecular flexibility index (Phi) is 6.21. The Hall–Kier alpha value is -1.99. The second kappa shape index (κ2) is 8.60. The highest BCUT2D eigenvalue weighted by molar-refractivity contribution is 7.89. The van der Waals surface area contributed by atoms with Crippen LogP contribution >= 0.6 is 0 Å². The van der Waals surface area contributed by atoms with Gasteiger partial charge in [0.25, 0.3) is 0 Å². The summed E-state index contributed by atoms with van der Waals surface area (Å²) in [7, 11) is -3.62. The number of carbonyl (C=O) groups is 1. The number of nitrogens with one attached hydrogen (secondary N) is 1. The Morgan fingerprint density at radius 2 is 2.04 bits per heavy atom. The highest BCUT2D eigenvalue weighted by Crippen LogP contribution is 2.29. The van der Waals surface area contributed by atoms with E-state index >= 15 is 0 Å². The van der Waals surface area contributed by atoms with Gasteiger partial charge in [-0.1, -0.05) is 37.8 Å². The molecule has 1 aliphatic rings. The van der Waals surface area contributed by atoms with Gasteiger partial charge in [-0.15, -0.1) is 0 Å². The molecular weight excluding hydrogens is 350 g/mol. The molecule has 1 saturated carbocycles. The molecule has 1 aromatic carbocycles. The number of rotatable bonds is 9. The molecule has 0 aliphatic heterocycles. The van der Waals surface area contributed by atoms with Gasteiger partial charge in [0.15, 0.2) is 5.78 Å². The highest BCUT2D eigenvalue weighted by atomic mass is 32.2. The van der Waals surface area contributed by atoms with Crippen molar-refractivity contribution < 1.29 is 13.2 Å². The standard InChI is InChI=1S/C19H25N3O3S/c23-19(14-16-6-1-2-7-16)17-8-3-9-18(15-17)26(24,25)21-11-5-13-22-12-4-10-20-22/h3-4,8-10,12,15-16,21H,1-2,5-7,11,13-14H2. The summed E-state index contributed by atoms with van der Waals surface area (Å²) in [4.78, 5) is 12.6. The summed E-state index contributed by atoms with van der Waals surface area (Å²) in [5.41, 5.74) is 0.483. The summed E-state index contributed by atoms with van der Waals surface area (Å²) in [6.07, 6.45) is 9.26. The normalized spacial score (nSPS) is 15.4. The number of aromatic nitrogens is 2. The van der Waals surface area contributed by atoms with Crippen molar-refractivity contribution in [3.63, 3.8) is 0 Å². The van der Waals surface area contributed by atoms with E-state index in [1.54, 1.807) is 23.0 Å². The molecule has 2 aromatic rings. The van der Waals surface area contributed by atoms with Crippen molar-refractivity contribution in [3.05, 3.63) is 48.3 Å². The first-order valence-corrected chi connectivity index (χ1v) is 10.6. The SMILES string of the molecule is O=C(CC1CCCC1)c1cccc(S(=O)(=O)NCCCn2cccn2)c1. The van der Waals surface area contributed by atoms with Crippen molar-refractivity contribution in [2.45, 2.75) is 50.0 Å². The first-order valence-electron chi connectivity index (χ1n) is 9.15. The van der Waals surface area contributed by atoms with Gasteiger partial charge in [0.05, 0.1) is 4.90 Å². The third-order valence-electron chi connectivity index (χ3n) is 4.83. The summed E-state index contributed by atoms with van der Waals surface area (Å²) in [6, 6.07) is 8.20. The maximum absolute atomic E-state index is 12.5. The monoisotopic (exact) mass is 375 g/mol. The molecule has 1 N–H and O–H groups in total. The van der Waals surface area contributed by atoms with Gasteiger partial charge in [-0.2, -0.15) is 5.10 Å². The average molecular weight is 375 g/mol. The van der Waals surface area contributed by atoms with Gasteiger partial charge in [0, 0.05) is 37.5 Å². The van der Waals surface area contributed by atoms with Crippen molar-refractivity contribution in [1.29, 1.82) is 0 Å². The smallest absolute Gasteiger partial charge is 0.240 e. The van der Waals surface area contributed by atoms with Crippen molar-refractivity contribution in [1.82, 2.24) is 14.5 Å². The number of ketones is 1. The minimum absolute atomic E-state index is 0.0348. The zero-order valence-corrected chi connectivity index (χ0v) is 15.6. The predicted molar refractivity (Wildman–Crippen MR) is 99.4 cm³/mol. The Labute approximate surface area is 154 Å². The number of nitrogens with zero attached hydrogens (tertiary/aromatic N) is 2. The van der Waals surface area contributed by atoms with Gasteiger partial charge in [0.2, 0.25) is 10.0 Å². The lowest BCUT2D eigenvalue weighted by molar-refractivity contribution is 0.0962. The van der Waals surface area contributed by atoms with Crippen LogP contribution in [0, 0.1) is 5.92 Å². The fourth-order valence-electron chi connectivity index (χ4n) is 3.39. The van der Waals surface area contributed by atoms with Crippen LogP contribution in [0.3, 0.4) is 0 Å². The fourth-order valence-corrected chi connectivity index (χ4v) is 4.51. The van der Waals surface area contributed by atoms with Crippen LogP contribution in [0.25, 0.3) is 0 Å². The molecule has 1 aliphatic carbocycles. The van der Waals surface area contributed by atoms with Crippen LogP contribution in [0.5, 0.6) is 0 Å². The van der Waals surface area contributed by atoms with Crippen LogP contribution < -0.4 is 4.72 Å². The Morgan fingerprint density at radius 1 is 1.23 bits per heavy atom. The molecule has 1 heterocycles. The maximum atomic E-state index is 12.5. The number of benzene rings is 1. The third-order valence-corrected chi connectivity index (χ3v) is 6.29. The number of sulfonamides is 1. The quantitative estimate of drug-likeness (QED) is 0.540. The fraction of sp³-hybridized carbons (Fsp3) is 0.474. The predicted octanol–water partition coefficient (Wildman–Crippen LogP) is 3.01. The zero-order chi connectivity index (χ0) is 18.4. The van der Waals surface area contributed by atoms with E-state index in [1.807, 2.05) is 12.3 Å². The summed E-state index contributed by atoms with van der Waals surface area (Å²) >= 11 is 0. The largest absolute Gasteiger partial charge is 0.294 e. The third kappa shape index (κ3) is 5.02. The van der Waals surface area contributed by atoms with Crippen LogP contribution in [0.1, 0.15) is 48.9 Å². The van der Waals surface area contributed by atoms with Crippen LogP contribution in [-0.4, -0.2) is 30.5 Å². The second-order valence-electron chi connectivity index (χ2n) is 6.83. The summed E-state index contributed by atoms with van der Waals surface area (Å²) in [6.45, 7) is 0.970. The van der Waals surface area contributed by atoms with E-state index in [-0.39, 0.29) is 10.7 Å². The molecule has 3 rings (SSSR count). The van der Waals surface area contributed by atoms with E-state index in [2.05, 4.69) is 9.82 Å². The lowest BCUT2D eigenvalue weighted by Crippen LogP contribution is -2.26. The van der Waals surface area contributed by atoms with Gasteiger partial charge in [-0.3, -0.25) is 9.48 Å². The Morgan fingerprint density at radius 3 is 2.77 bits per heavy atom. The topological polar surface area (TPSA) is 81.1 Å². The van der Waals surface area contributed by atoms with Gasteiger partial charge >= 0.3 is 0 Å². The molecule has 26 heavy (non-hydrogen) atoms. The zero-order valence-electron chi connectivity index (χ0n) is 14.8. The first kappa shape index (κ1) is 18.8. The summed E-state index contributed by atoms with van der Waals surface area (Å²) in [5.74, 6) is 0.482. The molecule has 0 saturated heterocycles. The van der Waals surface area contributed by atoms with Crippen molar-refractivity contribution in [2.75, 3.05) is 6.54 Å². The summed E-state index contributed by atoms with van der Waals surface area (Å²) in [5, 5.41) is 4.08. The number of aryl methyl sites for hydroxylation is 1. The van der Waals surface area contributed by atoms with E-state index in [4.69, 9.17) is 0 Å².